The van der Waals surface area contributed by atoms with E-state index in [1.165, 1.54) is 0 Å². The highest BCUT2D eigenvalue weighted by atomic mass is 16.6. The molecule has 0 aliphatic carbocycles. The van der Waals surface area contributed by atoms with Crippen LogP contribution in [-0.2, 0) is 4.74 Å². The lowest BCUT2D eigenvalue weighted by molar-refractivity contribution is 0.0260. The number of carbonyl (C=O) groups is 1. The average molecular weight is 226 g/mol. The predicted molar refractivity (Wildman–Crippen MR) is 64.2 cm³/mol. The largest absolute Gasteiger partial charge is 0.444 e. The van der Waals surface area contributed by atoms with Gasteiger partial charge in [-0.25, -0.2) is 4.79 Å². The summed E-state index contributed by atoms with van der Waals surface area (Å²) in [7, 11) is 0. The fraction of sp³-hybridized carbons (Fsp3) is 0.750. The van der Waals surface area contributed by atoms with Crippen molar-refractivity contribution >= 4 is 6.09 Å². The Kier molecular flexibility index (Phi) is 3.97. The van der Waals surface area contributed by atoms with Crippen LogP contribution in [0.15, 0.2) is 11.6 Å². The Labute approximate surface area is 97.4 Å². The van der Waals surface area contributed by atoms with E-state index in [1.807, 2.05) is 27.7 Å². The smallest absolute Gasteiger partial charge is 0.410 e. The predicted octanol–water partition coefficient (Wildman–Crippen LogP) is 1.90. The molecule has 1 heterocycles. The number of hydrogen-bond donors (Lipinski definition) is 1. The maximum Gasteiger partial charge on any atom is 0.410 e. The summed E-state index contributed by atoms with van der Waals surface area (Å²) in [6.07, 6.45) is 2.72. The van der Waals surface area contributed by atoms with Crippen LogP contribution in [0.5, 0.6) is 0 Å². The van der Waals surface area contributed by atoms with Crippen molar-refractivity contribution in [3.05, 3.63) is 11.6 Å². The Morgan fingerprint density at radius 3 is 2.69 bits per heavy atom. The third kappa shape index (κ3) is 3.85. The normalized spacial score (nSPS) is 19.1. The second kappa shape index (κ2) is 4.87. The molecular formula is C12H22N2O2. The van der Waals surface area contributed by atoms with Crippen LogP contribution in [0, 0.1) is 0 Å². The molecule has 1 unspecified atom stereocenters. The van der Waals surface area contributed by atoms with Crippen LogP contribution >= 0.6 is 0 Å². The van der Waals surface area contributed by atoms with Crippen molar-refractivity contribution in [3.63, 3.8) is 0 Å². The van der Waals surface area contributed by atoms with Gasteiger partial charge in [0, 0.05) is 19.1 Å². The lowest BCUT2D eigenvalue weighted by Gasteiger charge is -2.31. The number of carbonyl (C=O) groups excluding carboxylic acids is 1. The van der Waals surface area contributed by atoms with Gasteiger partial charge in [0.1, 0.15) is 5.60 Å². The van der Waals surface area contributed by atoms with E-state index < -0.39 is 5.60 Å². The van der Waals surface area contributed by atoms with Crippen molar-refractivity contribution in [2.45, 2.75) is 45.8 Å². The zero-order chi connectivity index (χ0) is 12.3. The Hall–Kier alpha value is -1.03. The van der Waals surface area contributed by atoms with E-state index in [0.717, 1.165) is 12.0 Å². The Morgan fingerprint density at radius 1 is 1.56 bits per heavy atom. The molecule has 1 aliphatic rings. The lowest BCUT2D eigenvalue weighted by atomic mass is 10.0. The molecule has 1 atom stereocenters. The number of rotatable bonds is 1. The van der Waals surface area contributed by atoms with E-state index >= 15 is 0 Å². The van der Waals surface area contributed by atoms with Gasteiger partial charge in [0.2, 0.25) is 0 Å². The minimum absolute atomic E-state index is 0.00485. The number of amides is 1. The monoisotopic (exact) mass is 226 g/mol. The third-order valence-corrected chi connectivity index (χ3v) is 2.42. The molecule has 4 heteroatoms. The molecule has 0 spiro atoms. The number of hydrogen-bond acceptors (Lipinski definition) is 3. The Bertz CT molecular complexity index is 290. The van der Waals surface area contributed by atoms with Crippen molar-refractivity contribution in [2.24, 2.45) is 5.73 Å². The fourth-order valence-corrected chi connectivity index (χ4v) is 1.58. The first-order valence-electron chi connectivity index (χ1n) is 5.72. The summed E-state index contributed by atoms with van der Waals surface area (Å²) in [4.78, 5) is 13.5. The van der Waals surface area contributed by atoms with Gasteiger partial charge in [-0.15, -0.1) is 0 Å². The average Bonchev–Trinajstić information content (AvgIpc) is 2.15. The molecular weight excluding hydrogens is 204 g/mol. The molecule has 1 amide bonds. The molecule has 0 saturated carbocycles. The summed E-state index contributed by atoms with van der Waals surface area (Å²) in [6.45, 7) is 8.85. The lowest BCUT2D eigenvalue weighted by Crippen LogP contribution is -2.42. The topological polar surface area (TPSA) is 55.6 Å². The molecule has 0 radical (unpaired) electrons. The van der Waals surface area contributed by atoms with E-state index in [1.54, 1.807) is 4.90 Å². The molecule has 4 nitrogen and oxygen atoms in total. The van der Waals surface area contributed by atoms with E-state index in [4.69, 9.17) is 10.5 Å². The Balaban J connectivity index is 2.57. The second-order valence-corrected chi connectivity index (χ2v) is 5.26. The molecule has 0 aromatic rings. The highest BCUT2D eigenvalue weighted by Gasteiger charge is 2.24. The minimum Gasteiger partial charge on any atom is -0.444 e. The molecule has 0 fully saturated rings. The first-order valence-corrected chi connectivity index (χ1v) is 5.72. The van der Waals surface area contributed by atoms with Gasteiger partial charge in [0.25, 0.3) is 0 Å². The van der Waals surface area contributed by atoms with Gasteiger partial charge in [-0.3, -0.25) is 0 Å². The van der Waals surface area contributed by atoms with Crippen LogP contribution in [-0.4, -0.2) is 35.7 Å². The molecule has 2 N–H and O–H groups in total. The zero-order valence-corrected chi connectivity index (χ0v) is 10.6. The molecule has 0 aromatic carbocycles. The van der Waals surface area contributed by atoms with Crippen molar-refractivity contribution in [2.75, 3.05) is 13.1 Å². The van der Waals surface area contributed by atoms with Crippen molar-refractivity contribution in [1.82, 2.24) is 4.90 Å². The molecule has 0 bridgehead atoms. The standard InChI is InChI=1S/C12H22N2O2/c1-9(13)10-6-5-7-14(8-10)11(15)16-12(2,3)4/h6,9H,5,7-8,13H2,1-4H3. The molecule has 16 heavy (non-hydrogen) atoms. The summed E-state index contributed by atoms with van der Waals surface area (Å²) in [5.74, 6) is 0. The van der Waals surface area contributed by atoms with Crippen LogP contribution in [0.25, 0.3) is 0 Å². The van der Waals surface area contributed by atoms with Crippen LogP contribution in [0.2, 0.25) is 0 Å². The maximum absolute atomic E-state index is 11.8. The van der Waals surface area contributed by atoms with Crippen LogP contribution in [0.3, 0.4) is 0 Å². The van der Waals surface area contributed by atoms with Crippen molar-refractivity contribution < 1.29 is 9.53 Å². The molecule has 1 aliphatic heterocycles. The number of nitrogens with zero attached hydrogens (tertiary/aromatic N) is 1. The SMILES string of the molecule is CC(N)C1=CCCN(C(=O)OC(C)(C)C)C1. The first-order chi connectivity index (χ1) is 7.29. The van der Waals surface area contributed by atoms with Gasteiger partial charge < -0.3 is 15.4 Å². The van der Waals surface area contributed by atoms with E-state index in [0.29, 0.717) is 13.1 Å². The third-order valence-electron chi connectivity index (χ3n) is 2.42. The van der Waals surface area contributed by atoms with Gasteiger partial charge in [-0.05, 0) is 39.7 Å². The summed E-state index contributed by atoms with van der Waals surface area (Å²) >= 11 is 0. The van der Waals surface area contributed by atoms with Crippen LogP contribution in [0.1, 0.15) is 34.1 Å². The van der Waals surface area contributed by atoms with E-state index in [9.17, 15) is 4.79 Å². The van der Waals surface area contributed by atoms with Gasteiger partial charge in [-0.1, -0.05) is 6.08 Å². The highest BCUT2D eigenvalue weighted by Crippen LogP contribution is 2.16. The first kappa shape index (κ1) is 13.0. The highest BCUT2D eigenvalue weighted by molar-refractivity contribution is 5.68. The van der Waals surface area contributed by atoms with Gasteiger partial charge >= 0.3 is 6.09 Å². The molecule has 92 valence electrons. The van der Waals surface area contributed by atoms with Gasteiger partial charge in [0.05, 0.1) is 0 Å². The second-order valence-electron chi connectivity index (χ2n) is 5.26. The summed E-state index contributed by atoms with van der Waals surface area (Å²) < 4.78 is 5.32. The van der Waals surface area contributed by atoms with Gasteiger partial charge in [0.15, 0.2) is 0 Å². The van der Waals surface area contributed by atoms with Crippen molar-refractivity contribution in [3.8, 4) is 0 Å². The minimum atomic E-state index is -0.438. The molecule has 0 saturated heterocycles. The number of ether oxygens (including phenoxy) is 1. The molecule has 0 aromatic heterocycles. The molecule has 1 rings (SSSR count). The van der Waals surface area contributed by atoms with Crippen LogP contribution in [0.4, 0.5) is 4.79 Å². The van der Waals surface area contributed by atoms with Crippen LogP contribution < -0.4 is 5.73 Å². The van der Waals surface area contributed by atoms with E-state index in [2.05, 4.69) is 6.08 Å². The summed E-state index contributed by atoms with van der Waals surface area (Å²) in [6, 6.07) is 0.00485. The van der Waals surface area contributed by atoms with Gasteiger partial charge in [-0.2, -0.15) is 0 Å². The Morgan fingerprint density at radius 2 is 2.19 bits per heavy atom. The maximum atomic E-state index is 11.8. The fourth-order valence-electron chi connectivity index (χ4n) is 1.58. The van der Waals surface area contributed by atoms with E-state index in [-0.39, 0.29) is 12.1 Å². The quantitative estimate of drug-likeness (QED) is 0.695. The van der Waals surface area contributed by atoms with Crippen molar-refractivity contribution in [1.29, 1.82) is 0 Å². The summed E-state index contributed by atoms with van der Waals surface area (Å²) in [5, 5.41) is 0. The summed E-state index contributed by atoms with van der Waals surface area (Å²) in [5.41, 5.74) is 6.48. The number of nitrogens with two attached hydrogens (primary N) is 1. The zero-order valence-electron chi connectivity index (χ0n) is 10.6.